The number of benzene rings is 1. The van der Waals surface area contributed by atoms with Crippen molar-refractivity contribution in [2.75, 3.05) is 19.8 Å². The van der Waals surface area contributed by atoms with Gasteiger partial charge in [0.15, 0.2) is 0 Å². The van der Waals surface area contributed by atoms with Crippen molar-refractivity contribution in [3.8, 4) is 0 Å². The molecule has 0 bridgehead atoms. The Bertz CT molecular complexity index is 375. The lowest BCUT2D eigenvalue weighted by atomic mass is 9.83. The summed E-state index contributed by atoms with van der Waals surface area (Å²) in [5.41, 5.74) is 1.45. The molecule has 0 aliphatic carbocycles. The molecule has 2 saturated heterocycles. The van der Waals surface area contributed by atoms with E-state index in [0.717, 1.165) is 39.1 Å². The summed E-state index contributed by atoms with van der Waals surface area (Å²) in [6, 6.07) is 10.5. The molecule has 0 amide bonds. The van der Waals surface area contributed by atoms with E-state index in [1.807, 2.05) is 6.07 Å². The van der Waals surface area contributed by atoms with Crippen molar-refractivity contribution in [2.24, 2.45) is 0 Å². The number of rotatable bonds is 2. The highest BCUT2D eigenvalue weighted by Gasteiger charge is 2.47. The second-order valence-corrected chi connectivity index (χ2v) is 5.27. The maximum Gasteiger partial charge on any atom is 0.0706 e. The normalized spacial score (nSPS) is 27.9. The van der Waals surface area contributed by atoms with E-state index < -0.39 is 0 Å². The Morgan fingerprint density at radius 3 is 2.71 bits per heavy atom. The predicted molar refractivity (Wildman–Crippen MR) is 65.6 cm³/mol. The molecular formula is C14H19NO2. The summed E-state index contributed by atoms with van der Waals surface area (Å²) in [5.74, 6) is 0. The molecule has 3 rings (SSSR count). The molecule has 3 nitrogen and oxygen atoms in total. The lowest BCUT2D eigenvalue weighted by Gasteiger charge is -2.53. The zero-order chi connectivity index (χ0) is 11.7. The predicted octanol–water partition coefficient (Wildman–Crippen LogP) is 1.41. The summed E-state index contributed by atoms with van der Waals surface area (Å²) >= 11 is 0. The first kappa shape index (κ1) is 11.2. The molecule has 2 aliphatic rings. The molecule has 2 heterocycles. The number of hydrogen-bond acceptors (Lipinski definition) is 3. The van der Waals surface area contributed by atoms with Gasteiger partial charge in [-0.25, -0.2) is 0 Å². The summed E-state index contributed by atoms with van der Waals surface area (Å²) < 4.78 is 5.38. The summed E-state index contributed by atoms with van der Waals surface area (Å²) in [6.45, 7) is 3.49. The van der Waals surface area contributed by atoms with E-state index in [-0.39, 0.29) is 11.6 Å². The number of hydrogen-bond donors (Lipinski definition) is 1. The fourth-order valence-corrected chi connectivity index (χ4v) is 2.90. The van der Waals surface area contributed by atoms with Crippen LogP contribution in [0.3, 0.4) is 0 Å². The van der Waals surface area contributed by atoms with Crippen LogP contribution in [0.15, 0.2) is 30.3 Å². The molecular weight excluding hydrogens is 214 g/mol. The molecule has 2 aliphatic heterocycles. The smallest absolute Gasteiger partial charge is 0.0706 e. The molecule has 1 N–H and O–H groups in total. The Morgan fingerprint density at radius 1 is 1.29 bits per heavy atom. The van der Waals surface area contributed by atoms with Gasteiger partial charge in [-0.05, 0) is 18.4 Å². The third-order valence-corrected chi connectivity index (χ3v) is 3.98. The average molecular weight is 233 g/mol. The maximum atomic E-state index is 9.81. The number of ether oxygens (including phenoxy) is 1. The highest BCUT2D eigenvalue weighted by Crippen LogP contribution is 2.35. The molecule has 1 spiro atoms. The van der Waals surface area contributed by atoms with Crippen LogP contribution in [0.2, 0.25) is 0 Å². The van der Waals surface area contributed by atoms with Gasteiger partial charge in [0.05, 0.1) is 24.9 Å². The molecule has 0 saturated carbocycles. The van der Waals surface area contributed by atoms with E-state index in [4.69, 9.17) is 4.74 Å². The maximum absolute atomic E-state index is 9.81. The van der Waals surface area contributed by atoms with Crippen molar-refractivity contribution in [3.63, 3.8) is 0 Å². The Hall–Kier alpha value is -0.900. The van der Waals surface area contributed by atoms with Gasteiger partial charge in [-0.2, -0.15) is 0 Å². The highest BCUT2D eigenvalue weighted by atomic mass is 16.5. The van der Waals surface area contributed by atoms with Crippen LogP contribution in [0.4, 0.5) is 0 Å². The van der Waals surface area contributed by atoms with Gasteiger partial charge in [0.25, 0.3) is 0 Å². The number of nitrogens with zero attached hydrogens (tertiary/aromatic N) is 1. The summed E-state index contributed by atoms with van der Waals surface area (Å²) in [6.07, 6.45) is 1.60. The minimum atomic E-state index is -0.147. The van der Waals surface area contributed by atoms with Crippen molar-refractivity contribution in [3.05, 3.63) is 35.9 Å². The van der Waals surface area contributed by atoms with Gasteiger partial charge in [0, 0.05) is 13.1 Å². The fraction of sp³-hybridized carbons (Fsp3) is 0.571. The quantitative estimate of drug-likeness (QED) is 0.838. The first-order valence-electron chi connectivity index (χ1n) is 6.33. The van der Waals surface area contributed by atoms with Crippen molar-refractivity contribution in [2.45, 2.75) is 31.0 Å². The molecule has 92 valence electrons. The van der Waals surface area contributed by atoms with Crippen LogP contribution in [0.5, 0.6) is 0 Å². The van der Waals surface area contributed by atoms with Gasteiger partial charge < -0.3 is 9.84 Å². The number of aliphatic hydroxyl groups excluding tert-OH is 1. The standard InChI is InChI=1S/C14H19NO2/c16-13-6-7-15(14(8-13)10-17-11-14)9-12-4-2-1-3-5-12/h1-5,13,16H,6-11H2. The molecule has 1 atom stereocenters. The van der Waals surface area contributed by atoms with E-state index >= 15 is 0 Å². The van der Waals surface area contributed by atoms with Crippen LogP contribution in [0, 0.1) is 0 Å². The van der Waals surface area contributed by atoms with Crippen molar-refractivity contribution >= 4 is 0 Å². The third-order valence-electron chi connectivity index (χ3n) is 3.98. The van der Waals surface area contributed by atoms with Crippen LogP contribution in [0.1, 0.15) is 18.4 Å². The molecule has 0 aromatic heterocycles. The Labute approximate surface area is 102 Å². The van der Waals surface area contributed by atoms with Crippen LogP contribution >= 0.6 is 0 Å². The first-order chi connectivity index (χ1) is 8.28. The minimum absolute atomic E-state index is 0.105. The zero-order valence-corrected chi connectivity index (χ0v) is 10.0. The average Bonchev–Trinajstić information content (AvgIpc) is 2.31. The van der Waals surface area contributed by atoms with Crippen LogP contribution in [-0.2, 0) is 11.3 Å². The second-order valence-electron chi connectivity index (χ2n) is 5.27. The van der Waals surface area contributed by atoms with Gasteiger partial charge in [-0.15, -0.1) is 0 Å². The third kappa shape index (κ3) is 2.10. The monoisotopic (exact) mass is 233 g/mol. The molecule has 1 aromatic rings. The molecule has 1 aromatic carbocycles. The summed E-state index contributed by atoms with van der Waals surface area (Å²) in [7, 11) is 0. The van der Waals surface area contributed by atoms with E-state index in [9.17, 15) is 5.11 Å². The number of piperidine rings is 1. The van der Waals surface area contributed by atoms with Crippen molar-refractivity contribution in [1.29, 1.82) is 0 Å². The summed E-state index contributed by atoms with van der Waals surface area (Å²) in [5, 5.41) is 9.81. The fourth-order valence-electron chi connectivity index (χ4n) is 2.90. The highest BCUT2D eigenvalue weighted by molar-refractivity contribution is 5.16. The SMILES string of the molecule is OC1CCN(Cc2ccccc2)C2(COC2)C1. The van der Waals surface area contributed by atoms with E-state index in [1.165, 1.54) is 5.56 Å². The van der Waals surface area contributed by atoms with E-state index in [0.29, 0.717) is 0 Å². The Kier molecular flexibility index (Phi) is 2.90. The number of likely N-dealkylation sites (tertiary alicyclic amines) is 1. The lowest BCUT2D eigenvalue weighted by molar-refractivity contribution is -0.177. The van der Waals surface area contributed by atoms with Crippen molar-refractivity contribution < 1.29 is 9.84 Å². The van der Waals surface area contributed by atoms with Gasteiger partial charge in [-0.3, -0.25) is 4.90 Å². The van der Waals surface area contributed by atoms with Crippen LogP contribution in [0.25, 0.3) is 0 Å². The first-order valence-corrected chi connectivity index (χ1v) is 6.33. The lowest BCUT2D eigenvalue weighted by Crippen LogP contribution is -2.65. The van der Waals surface area contributed by atoms with Gasteiger partial charge >= 0.3 is 0 Å². The Balaban J connectivity index is 1.73. The molecule has 17 heavy (non-hydrogen) atoms. The van der Waals surface area contributed by atoms with Crippen LogP contribution in [-0.4, -0.2) is 41.4 Å². The molecule has 2 fully saturated rings. The van der Waals surface area contributed by atoms with E-state index in [2.05, 4.69) is 29.2 Å². The number of aliphatic hydroxyl groups is 1. The van der Waals surface area contributed by atoms with Crippen LogP contribution < -0.4 is 0 Å². The molecule has 3 heteroatoms. The second kappa shape index (κ2) is 4.41. The van der Waals surface area contributed by atoms with Crippen molar-refractivity contribution in [1.82, 2.24) is 4.90 Å². The van der Waals surface area contributed by atoms with E-state index in [1.54, 1.807) is 0 Å². The largest absolute Gasteiger partial charge is 0.393 e. The zero-order valence-electron chi connectivity index (χ0n) is 10.0. The Morgan fingerprint density at radius 2 is 2.06 bits per heavy atom. The van der Waals surface area contributed by atoms with Gasteiger partial charge in [0.2, 0.25) is 0 Å². The topological polar surface area (TPSA) is 32.7 Å². The summed E-state index contributed by atoms with van der Waals surface area (Å²) in [4.78, 5) is 2.48. The molecule has 0 radical (unpaired) electrons. The minimum Gasteiger partial charge on any atom is -0.393 e. The van der Waals surface area contributed by atoms with Gasteiger partial charge in [0.1, 0.15) is 0 Å². The molecule has 1 unspecified atom stereocenters. The van der Waals surface area contributed by atoms with Gasteiger partial charge in [-0.1, -0.05) is 30.3 Å².